The lowest BCUT2D eigenvalue weighted by atomic mass is 10.1. The van der Waals surface area contributed by atoms with E-state index in [9.17, 15) is 4.79 Å². The van der Waals surface area contributed by atoms with E-state index in [-0.39, 0.29) is 11.5 Å². The molecule has 4 heteroatoms. The van der Waals surface area contributed by atoms with Crippen LogP contribution in [0, 0.1) is 6.92 Å². The Balaban J connectivity index is 2.61. The molecule has 0 amide bonds. The molecular formula is C12H15N3O. The molecule has 0 aliphatic carbocycles. The van der Waals surface area contributed by atoms with E-state index in [1.54, 1.807) is 12.3 Å². The standard InChI is InChI=1S/C12H15N3O/c1-8(2)11-9(3)14-15(12(11)16)10-6-4-5-7-13-10/h4-8,14H,1-3H3. The monoisotopic (exact) mass is 217 g/mol. The van der Waals surface area contributed by atoms with Gasteiger partial charge in [-0.3, -0.25) is 9.89 Å². The van der Waals surface area contributed by atoms with Gasteiger partial charge >= 0.3 is 0 Å². The van der Waals surface area contributed by atoms with Crippen molar-refractivity contribution in [3.8, 4) is 5.82 Å². The average molecular weight is 217 g/mol. The van der Waals surface area contributed by atoms with Crippen molar-refractivity contribution in [2.45, 2.75) is 26.7 Å². The van der Waals surface area contributed by atoms with E-state index in [0.29, 0.717) is 5.82 Å². The molecule has 0 aromatic carbocycles. The van der Waals surface area contributed by atoms with Crippen LogP contribution >= 0.6 is 0 Å². The van der Waals surface area contributed by atoms with Gasteiger partial charge in [0.15, 0.2) is 5.82 Å². The number of pyridine rings is 1. The highest BCUT2D eigenvalue weighted by atomic mass is 16.1. The minimum absolute atomic E-state index is 0.00815. The Morgan fingerprint density at radius 1 is 1.38 bits per heavy atom. The Morgan fingerprint density at radius 2 is 2.12 bits per heavy atom. The smallest absolute Gasteiger partial charge is 0.276 e. The summed E-state index contributed by atoms with van der Waals surface area (Å²) in [6.07, 6.45) is 1.67. The fourth-order valence-corrected chi connectivity index (χ4v) is 1.89. The minimum Gasteiger partial charge on any atom is -0.294 e. The average Bonchev–Trinajstić information content (AvgIpc) is 2.55. The van der Waals surface area contributed by atoms with Crippen LogP contribution in [0.15, 0.2) is 29.2 Å². The van der Waals surface area contributed by atoms with Gasteiger partial charge in [-0.25, -0.2) is 9.67 Å². The molecule has 2 aromatic heterocycles. The number of hydrogen-bond donors (Lipinski definition) is 1. The summed E-state index contributed by atoms with van der Waals surface area (Å²) < 4.78 is 1.49. The number of nitrogens with zero attached hydrogens (tertiary/aromatic N) is 2. The summed E-state index contributed by atoms with van der Waals surface area (Å²) >= 11 is 0. The molecule has 0 aliphatic rings. The zero-order valence-electron chi connectivity index (χ0n) is 9.69. The summed E-state index contributed by atoms with van der Waals surface area (Å²) in [6, 6.07) is 5.50. The maximum atomic E-state index is 12.1. The van der Waals surface area contributed by atoms with Gasteiger partial charge in [-0.1, -0.05) is 19.9 Å². The maximum absolute atomic E-state index is 12.1. The molecule has 0 unspecified atom stereocenters. The lowest BCUT2D eigenvalue weighted by Crippen LogP contribution is -2.18. The second-order valence-corrected chi connectivity index (χ2v) is 4.13. The largest absolute Gasteiger partial charge is 0.294 e. The summed E-state index contributed by atoms with van der Waals surface area (Å²) in [7, 11) is 0. The highest BCUT2D eigenvalue weighted by Gasteiger charge is 2.15. The molecule has 84 valence electrons. The van der Waals surface area contributed by atoms with Crippen molar-refractivity contribution >= 4 is 0 Å². The quantitative estimate of drug-likeness (QED) is 0.836. The third-order valence-electron chi connectivity index (χ3n) is 2.57. The number of aromatic amines is 1. The van der Waals surface area contributed by atoms with Crippen LogP contribution in [0.2, 0.25) is 0 Å². The summed E-state index contributed by atoms with van der Waals surface area (Å²) in [4.78, 5) is 16.3. The molecule has 0 saturated heterocycles. The van der Waals surface area contributed by atoms with Crippen molar-refractivity contribution in [2.24, 2.45) is 0 Å². The Kier molecular flexibility index (Phi) is 2.64. The first-order valence-electron chi connectivity index (χ1n) is 5.34. The van der Waals surface area contributed by atoms with Crippen molar-refractivity contribution < 1.29 is 0 Å². The van der Waals surface area contributed by atoms with Gasteiger partial charge < -0.3 is 0 Å². The van der Waals surface area contributed by atoms with Crippen LogP contribution < -0.4 is 5.56 Å². The lowest BCUT2D eigenvalue weighted by Gasteiger charge is -1.99. The van der Waals surface area contributed by atoms with Crippen LogP contribution in [0.3, 0.4) is 0 Å². The van der Waals surface area contributed by atoms with E-state index in [4.69, 9.17) is 0 Å². The fraction of sp³-hybridized carbons (Fsp3) is 0.333. The molecule has 0 saturated carbocycles. The van der Waals surface area contributed by atoms with Gasteiger partial charge in [0.1, 0.15) is 0 Å². The topological polar surface area (TPSA) is 50.7 Å². The Morgan fingerprint density at radius 3 is 2.62 bits per heavy atom. The van der Waals surface area contributed by atoms with Crippen LogP contribution in [-0.4, -0.2) is 14.8 Å². The summed E-state index contributed by atoms with van der Waals surface area (Å²) in [5, 5.41) is 3.05. The van der Waals surface area contributed by atoms with Gasteiger partial charge in [-0.2, -0.15) is 0 Å². The third kappa shape index (κ3) is 1.66. The molecule has 0 atom stereocenters. The zero-order valence-corrected chi connectivity index (χ0v) is 9.69. The van der Waals surface area contributed by atoms with E-state index in [2.05, 4.69) is 10.1 Å². The molecule has 16 heavy (non-hydrogen) atoms. The number of H-pyrrole nitrogens is 1. The van der Waals surface area contributed by atoms with Crippen LogP contribution in [0.25, 0.3) is 5.82 Å². The van der Waals surface area contributed by atoms with Gasteiger partial charge in [0, 0.05) is 17.5 Å². The maximum Gasteiger partial charge on any atom is 0.276 e. The second kappa shape index (κ2) is 3.96. The van der Waals surface area contributed by atoms with Gasteiger partial charge in [0.2, 0.25) is 0 Å². The van der Waals surface area contributed by atoms with Gasteiger partial charge in [-0.05, 0) is 25.0 Å². The number of rotatable bonds is 2. The van der Waals surface area contributed by atoms with Crippen LogP contribution in [0.5, 0.6) is 0 Å². The molecule has 0 aliphatic heterocycles. The van der Waals surface area contributed by atoms with E-state index >= 15 is 0 Å². The highest BCUT2D eigenvalue weighted by molar-refractivity contribution is 5.27. The molecule has 0 spiro atoms. The molecular weight excluding hydrogens is 202 g/mol. The second-order valence-electron chi connectivity index (χ2n) is 4.13. The van der Waals surface area contributed by atoms with Crippen molar-refractivity contribution in [1.82, 2.24) is 14.8 Å². The number of aryl methyl sites for hydroxylation is 1. The molecule has 0 radical (unpaired) electrons. The molecule has 4 nitrogen and oxygen atoms in total. The van der Waals surface area contributed by atoms with Crippen molar-refractivity contribution in [1.29, 1.82) is 0 Å². The first-order chi connectivity index (χ1) is 7.61. The fourth-order valence-electron chi connectivity index (χ4n) is 1.89. The highest BCUT2D eigenvalue weighted by Crippen LogP contribution is 2.14. The molecule has 2 heterocycles. The Hall–Kier alpha value is -1.84. The molecule has 2 aromatic rings. The Labute approximate surface area is 93.9 Å². The van der Waals surface area contributed by atoms with Crippen LogP contribution in [0.4, 0.5) is 0 Å². The summed E-state index contributed by atoms with van der Waals surface area (Å²) in [6.45, 7) is 5.94. The van der Waals surface area contributed by atoms with Crippen molar-refractivity contribution in [3.05, 3.63) is 46.0 Å². The third-order valence-corrected chi connectivity index (χ3v) is 2.57. The predicted molar refractivity (Wildman–Crippen MR) is 63.0 cm³/mol. The lowest BCUT2D eigenvalue weighted by molar-refractivity contribution is 0.801. The summed E-state index contributed by atoms with van der Waals surface area (Å²) in [5.74, 6) is 0.844. The van der Waals surface area contributed by atoms with E-state index in [1.165, 1.54) is 4.68 Å². The number of aromatic nitrogens is 3. The van der Waals surface area contributed by atoms with E-state index in [1.807, 2.05) is 32.9 Å². The first kappa shape index (κ1) is 10.7. The van der Waals surface area contributed by atoms with E-state index < -0.39 is 0 Å². The Bertz CT molecular complexity index is 537. The molecule has 0 fully saturated rings. The zero-order chi connectivity index (χ0) is 11.7. The predicted octanol–water partition coefficient (Wildman–Crippen LogP) is 1.99. The molecule has 1 N–H and O–H groups in total. The number of nitrogens with one attached hydrogen (secondary N) is 1. The van der Waals surface area contributed by atoms with Crippen LogP contribution in [-0.2, 0) is 0 Å². The minimum atomic E-state index is -0.00815. The van der Waals surface area contributed by atoms with Gasteiger partial charge in [0.05, 0.1) is 0 Å². The number of hydrogen-bond acceptors (Lipinski definition) is 2. The van der Waals surface area contributed by atoms with Crippen molar-refractivity contribution in [2.75, 3.05) is 0 Å². The van der Waals surface area contributed by atoms with Crippen LogP contribution in [0.1, 0.15) is 31.0 Å². The normalized spacial score (nSPS) is 11.0. The SMILES string of the molecule is Cc1[nH]n(-c2ccccn2)c(=O)c1C(C)C. The van der Waals surface area contributed by atoms with Gasteiger partial charge in [-0.15, -0.1) is 0 Å². The van der Waals surface area contributed by atoms with E-state index in [0.717, 1.165) is 11.3 Å². The first-order valence-corrected chi connectivity index (χ1v) is 5.34. The molecule has 2 rings (SSSR count). The molecule has 0 bridgehead atoms. The van der Waals surface area contributed by atoms with Gasteiger partial charge in [0.25, 0.3) is 5.56 Å². The summed E-state index contributed by atoms with van der Waals surface area (Å²) in [5.41, 5.74) is 1.72. The van der Waals surface area contributed by atoms with Crippen molar-refractivity contribution in [3.63, 3.8) is 0 Å².